The molecule has 10 heteroatoms. The molecule has 0 atom stereocenters. The lowest BCUT2D eigenvalue weighted by molar-refractivity contribution is -0.892. The van der Waals surface area contributed by atoms with E-state index in [1.54, 1.807) is 0 Å². The van der Waals surface area contributed by atoms with Crippen molar-refractivity contribution in [3.05, 3.63) is 46.2 Å². The van der Waals surface area contributed by atoms with Gasteiger partial charge in [0.2, 0.25) is 5.95 Å². The molecule has 156 valence electrons. The Morgan fingerprint density at radius 3 is 2.38 bits per heavy atom. The number of nitrogens with zero attached hydrogens (tertiary/aromatic N) is 3. The number of aromatic nitrogens is 2. The van der Waals surface area contributed by atoms with Crippen LogP contribution in [-0.2, 0) is 11.0 Å². The Hall–Kier alpha value is -2.39. The monoisotopic (exact) mass is 428 g/mol. The summed E-state index contributed by atoms with van der Waals surface area (Å²) in [5.41, 5.74) is 0.922. The van der Waals surface area contributed by atoms with E-state index in [-0.39, 0.29) is 18.1 Å². The van der Waals surface area contributed by atoms with E-state index in [1.165, 1.54) is 6.07 Å². The second kappa shape index (κ2) is 8.54. The van der Waals surface area contributed by atoms with Crippen LogP contribution >= 0.6 is 11.6 Å². The maximum atomic E-state index is 12.9. The second-order valence-electron chi connectivity index (χ2n) is 7.11. The normalized spacial score (nSPS) is 15.4. The summed E-state index contributed by atoms with van der Waals surface area (Å²) in [6.45, 7) is 6.83. The average molecular weight is 429 g/mol. The van der Waals surface area contributed by atoms with Gasteiger partial charge >= 0.3 is 6.18 Å². The number of carbonyl (C=O) groups excluding carboxylic acids is 1. The van der Waals surface area contributed by atoms with Crippen molar-refractivity contribution < 1.29 is 22.9 Å². The minimum Gasteiger partial charge on any atom is -0.330 e. The number of anilines is 2. The summed E-state index contributed by atoms with van der Waals surface area (Å²) in [6, 6.07) is 5.26. The molecular weight excluding hydrogens is 407 g/mol. The fourth-order valence-electron chi connectivity index (χ4n) is 3.30. The van der Waals surface area contributed by atoms with E-state index in [1.807, 2.05) is 19.9 Å². The van der Waals surface area contributed by atoms with E-state index in [9.17, 15) is 18.0 Å². The van der Waals surface area contributed by atoms with Gasteiger partial charge in [-0.25, -0.2) is 9.97 Å². The topological polar surface area (TPSA) is 62.6 Å². The highest BCUT2D eigenvalue weighted by molar-refractivity contribution is 6.31. The molecule has 0 aliphatic carbocycles. The minimum atomic E-state index is -4.57. The van der Waals surface area contributed by atoms with Crippen molar-refractivity contribution in [3.8, 4) is 0 Å². The predicted molar refractivity (Wildman–Crippen MR) is 104 cm³/mol. The molecule has 0 radical (unpaired) electrons. The largest absolute Gasteiger partial charge is 0.417 e. The third-order valence-corrected chi connectivity index (χ3v) is 5.02. The number of quaternary nitrogens is 1. The highest BCUT2D eigenvalue weighted by Gasteiger charge is 2.33. The molecule has 1 fully saturated rings. The Labute approximate surface area is 171 Å². The third kappa shape index (κ3) is 5.57. The van der Waals surface area contributed by atoms with Crippen LogP contribution < -0.4 is 15.1 Å². The molecule has 29 heavy (non-hydrogen) atoms. The highest BCUT2D eigenvalue weighted by atomic mass is 35.5. The number of hydrogen-bond donors (Lipinski definition) is 2. The first-order valence-corrected chi connectivity index (χ1v) is 9.57. The Morgan fingerprint density at radius 2 is 1.79 bits per heavy atom. The molecule has 1 aromatic heterocycles. The zero-order valence-corrected chi connectivity index (χ0v) is 16.9. The molecular formula is C19H22ClF3N5O+. The molecule has 0 spiro atoms. The molecule has 3 rings (SSSR count). The predicted octanol–water partition coefficient (Wildman–Crippen LogP) is 2.11. The van der Waals surface area contributed by atoms with Gasteiger partial charge in [-0.1, -0.05) is 11.6 Å². The van der Waals surface area contributed by atoms with Gasteiger partial charge in [0.15, 0.2) is 6.54 Å². The maximum Gasteiger partial charge on any atom is 0.417 e. The number of amides is 1. The first-order chi connectivity index (χ1) is 13.6. The van der Waals surface area contributed by atoms with Crippen LogP contribution in [0.3, 0.4) is 0 Å². The lowest BCUT2D eigenvalue weighted by Crippen LogP contribution is -3.15. The standard InChI is InChI=1S/C19H21ClF3N5O/c1-12-9-13(2)25-18(24-12)28-7-5-27(6-8-28)11-17(29)26-14-3-4-16(20)15(10-14)19(21,22)23/h3-4,9-10H,5-8,11H2,1-2H3,(H,26,29)/p+1. The molecule has 1 amide bonds. The summed E-state index contributed by atoms with van der Waals surface area (Å²) in [6.07, 6.45) is -4.57. The van der Waals surface area contributed by atoms with Crippen LogP contribution in [0, 0.1) is 13.8 Å². The molecule has 1 saturated heterocycles. The molecule has 0 unspecified atom stereocenters. The number of rotatable bonds is 4. The van der Waals surface area contributed by atoms with Gasteiger partial charge in [0, 0.05) is 17.1 Å². The number of alkyl halides is 3. The first kappa shape index (κ1) is 21.3. The van der Waals surface area contributed by atoms with Gasteiger partial charge < -0.3 is 15.1 Å². The number of hydrogen-bond acceptors (Lipinski definition) is 4. The molecule has 2 heterocycles. The van der Waals surface area contributed by atoms with Crippen molar-refractivity contribution in [1.82, 2.24) is 9.97 Å². The zero-order chi connectivity index (χ0) is 21.2. The van der Waals surface area contributed by atoms with Crippen LogP contribution in [0.25, 0.3) is 0 Å². The number of nitrogens with one attached hydrogen (secondary N) is 2. The van der Waals surface area contributed by atoms with Gasteiger partial charge in [-0.05, 0) is 38.1 Å². The lowest BCUT2D eigenvalue weighted by Gasteiger charge is -2.32. The zero-order valence-electron chi connectivity index (χ0n) is 16.1. The van der Waals surface area contributed by atoms with Crippen molar-refractivity contribution in [2.45, 2.75) is 20.0 Å². The van der Waals surface area contributed by atoms with Crippen LogP contribution in [0.1, 0.15) is 17.0 Å². The SMILES string of the molecule is Cc1cc(C)nc(N2CC[NH+](CC(=O)Nc3ccc(Cl)c(C(F)(F)F)c3)CC2)n1. The van der Waals surface area contributed by atoms with E-state index in [4.69, 9.17) is 11.6 Å². The van der Waals surface area contributed by atoms with E-state index in [0.717, 1.165) is 28.4 Å². The van der Waals surface area contributed by atoms with E-state index >= 15 is 0 Å². The summed E-state index contributed by atoms with van der Waals surface area (Å²) in [5, 5.41) is 2.13. The van der Waals surface area contributed by atoms with Crippen LogP contribution in [0.15, 0.2) is 24.3 Å². The number of piperazine rings is 1. The van der Waals surface area contributed by atoms with Gasteiger partial charge in [0.1, 0.15) is 0 Å². The number of aryl methyl sites for hydroxylation is 2. The van der Waals surface area contributed by atoms with Gasteiger partial charge in [-0.3, -0.25) is 4.79 Å². The second-order valence-corrected chi connectivity index (χ2v) is 7.51. The molecule has 6 nitrogen and oxygen atoms in total. The molecule has 0 saturated carbocycles. The molecule has 2 aromatic rings. The van der Waals surface area contributed by atoms with Gasteiger partial charge in [-0.15, -0.1) is 0 Å². The molecule has 2 N–H and O–H groups in total. The smallest absolute Gasteiger partial charge is 0.330 e. The maximum absolute atomic E-state index is 12.9. The van der Waals surface area contributed by atoms with Crippen LogP contribution in [0.4, 0.5) is 24.8 Å². The van der Waals surface area contributed by atoms with Crippen LogP contribution in [-0.4, -0.2) is 48.6 Å². The summed E-state index contributed by atoms with van der Waals surface area (Å²) in [5.74, 6) is 0.346. The lowest BCUT2D eigenvalue weighted by atomic mass is 10.2. The fourth-order valence-corrected chi connectivity index (χ4v) is 3.53. The Bertz CT molecular complexity index is 878. The highest BCUT2D eigenvalue weighted by Crippen LogP contribution is 2.36. The number of benzene rings is 1. The summed E-state index contributed by atoms with van der Waals surface area (Å²) >= 11 is 5.61. The molecule has 1 aromatic carbocycles. The van der Waals surface area contributed by atoms with E-state index in [2.05, 4.69) is 20.2 Å². The van der Waals surface area contributed by atoms with Crippen molar-refractivity contribution in [2.75, 3.05) is 42.9 Å². The van der Waals surface area contributed by atoms with Crippen molar-refractivity contribution in [2.24, 2.45) is 0 Å². The molecule has 1 aliphatic heterocycles. The van der Waals surface area contributed by atoms with Gasteiger partial charge in [-0.2, -0.15) is 13.2 Å². The first-order valence-electron chi connectivity index (χ1n) is 9.19. The fraction of sp³-hybridized carbons (Fsp3) is 0.421. The van der Waals surface area contributed by atoms with Crippen molar-refractivity contribution >= 4 is 29.1 Å². The van der Waals surface area contributed by atoms with Crippen molar-refractivity contribution in [3.63, 3.8) is 0 Å². The van der Waals surface area contributed by atoms with Crippen LogP contribution in [0.5, 0.6) is 0 Å². The number of halogens is 4. The summed E-state index contributed by atoms with van der Waals surface area (Å²) < 4.78 is 38.8. The molecule has 0 bridgehead atoms. The van der Waals surface area contributed by atoms with Gasteiger partial charge in [0.25, 0.3) is 5.91 Å². The van der Waals surface area contributed by atoms with Gasteiger partial charge in [0.05, 0.1) is 36.8 Å². The number of carbonyl (C=O) groups is 1. The quantitative estimate of drug-likeness (QED) is 0.783. The Morgan fingerprint density at radius 1 is 1.17 bits per heavy atom. The summed E-state index contributed by atoms with van der Waals surface area (Å²) in [7, 11) is 0. The third-order valence-electron chi connectivity index (χ3n) is 4.69. The molecule has 1 aliphatic rings. The summed E-state index contributed by atoms with van der Waals surface area (Å²) in [4.78, 5) is 24.3. The Kier molecular flexibility index (Phi) is 6.28. The van der Waals surface area contributed by atoms with Crippen LogP contribution in [0.2, 0.25) is 5.02 Å². The Balaban J connectivity index is 1.55. The van der Waals surface area contributed by atoms with E-state index < -0.39 is 16.8 Å². The minimum absolute atomic E-state index is 0.0772. The average Bonchev–Trinajstić information content (AvgIpc) is 2.62. The van der Waals surface area contributed by atoms with E-state index in [0.29, 0.717) is 32.1 Å². The van der Waals surface area contributed by atoms with Crippen molar-refractivity contribution in [1.29, 1.82) is 0 Å².